The molecule has 0 amide bonds. The van der Waals surface area contributed by atoms with Gasteiger partial charge in [0.1, 0.15) is 17.5 Å². The molecule has 24 heavy (non-hydrogen) atoms. The molecule has 120 valence electrons. The van der Waals surface area contributed by atoms with Crippen LogP contribution < -0.4 is 0 Å². The van der Waals surface area contributed by atoms with E-state index in [1.807, 2.05) is 6.07 Å². The van der Waals surface area contributed by atoms with Gasteiger partial charge in [-0.2, -0.15) is 0 Å². The van der Waals surface area contributed by atoms with Gasteiger partial charge in [-0.25, -0.2) is 13.2 Å². The third-order valence-electron chi connectivity index (χ3n) is 4.36. The van der Waals surface area contributed by atoms with Crippen LogP contribution in [0.1, 0.15) is 11.1 Å². The average molecular weight is 342 g/mol. The Bertz CT molecular complexity index is 1110. The van der Waals surface area contributed by atoms with Crippen molar-refractivity contribution in [1.82, 2.24) is 0 Å². The Hall–Kier alpha value is -2.33. The fraction of sp³-hybridized carbons (Fsp3) is 0.100. The van der Waals surface area contributed by atoms with Crippen molar-refractivity contribution >= 4 is 31.5 Å². The summed E-state index contributed by atoms with van der Waals surface area (Å²) in [5.74, 6) is -1.12. The van der Waals surface area contributed by atoms with E-state index in [0.29, 0.717) is 42.4 Å². The van der Waals surface area contributed by atoms with Gasteiger partial charge < -0.3 is 0 Å². The minimum absolute atomic E-state index is 0.309. The Kier molecular flexibility index (Phi) is 3.39. The number of rotatable bonds is 1. The van der Waals surface area contributed by atoms with Crippen LogP contribution >= 0.6 is 11.3 Å². The van der Waals surface area contributed by atoms with Crippen LogP contribution in [0.15, 0.2) is 42.5 Å². The van der Waals surface area contributed by atoms with Crippen molar-refractivity contribution in [3.8, 4) is 11.1 Å². The molecule has 0 aliphatic carbocycles. The van der Waals surface area contributed by atoms with E-state index in [2.05, 4.69) is 0 Å². The minimum atomic E-state index is -0.436. The van der Waals surface area contributed by atoms with E-state index in [0.717, 1.165) is 11.3 Å². The van der Waals surface area contributed by atoms with Gasteiger partial charge in [0.05, 0.1) is 9.40 Å². The van der Waals surface area contributed by atoms with Crippen LogP contribution in [0.2, 0.25) is 0 Å². The highest BCUT2D eigenvalue weighted by Gasteiger charge is 2.17. The van der Waals surface area contributed by atoms with E-state index in [9.17, 15) is 8.78 Å². The molecule has 0 spiro atoms. The monoisotopic (exact) mass is 342 g/mol. The first kappa shape index (κ1) is 15.2. The summed E-state index contributed by atoms with van der Waals surface area (Å²) < 4.78 is 44.0. The lowest BCUT2D eigenvalue weighted by Gasteiger charge is -2.06. The molecule has 4 aromatic rings. The zero-order valence-electron chi connectivity index (χ0n) is 13.1. The average Bonchev–Trinajstić information content (AvgIpc) is 2.94. The lowest BCUT2D eigenvalue weighted by molar-refractivity contribution is 0.618. The number of thiophene rings is 1. The number of benzene rings is 3. The van der Waals surface area contributed by atoms with Crippen molar-refractivity contribution in [2.24, 2.45) is 0 Å². The predicted molar refractivity (Wildman–Crippen MR) is 94.1 cm³/mol. The summed E-state index contributed by atoms with van der Waals surface area (Å²) >= 11 is 1.10. The maximum atomic E-state index is 15.0. The van der Waals surface area contributed by atoms with Gasteiger partial charge in [0.15, 0.2) is 0 Å². The van der Waals surface area contributed by atoms with Gasteiger partial charge >= 0.3 is 0 Å². The molecule has 0 saturated carbocycles. The van der Waals surface area contributed by atoms with Gasteiger partial charge in [0.25, 0.3) is 0 Å². The number of hydrogen-bond donors (Lipinski definition) is 0. The molecule has 0 aliphatic rings. The van der Waals surface area contributed by atoms with Crippen molar-refractivity contribution in [2.75, 3.05) is 0 Å². The summed E-state index contributed by atoms with van der Waals surface area (Å²) in [7, 11) is 0. The molecule has 4 rings (SSSR count). The van der Waals surface area contributed by atoms with Gasteiger partial charge in [-0.1, -0.05) is 36.4 Å². The molecular formula is C20H13F3S. The Morgan fingerprint density at radius 3 is 2.04 bits per heavy atom. The topological polar surface area (TPSA) is 0 Å². The fourth-order valence-corrected chi connectivity index (χ4v) is 4.15. The maximum Gasteiger partial charge on any atom is 0.148 e. The first-order valence-corrected chi connectivity index (χ1v) is 8.35. The van der Waals surface area contributed by atoms with Crippen LogP contribution in [-0.4, -0.2) is 0 Å². The van der Waals surface area contributed by atoms with E-state index in [4.69, 9.17) is 0 Å². The fourth-order valence-electron chi connectivity index (χ4n) is 2.92. The Morgan fingerprint density at radius 1 is 0.708 bits per heavy atom. The van der Waals surface area contributed by atoms with Crippen LogP contribution in [0.3, 0.4) is 0 Å². The minimum Gasteiger partial charge on any atom is -0.207 e. The SMILES string of the molecule is Cc1ccc(-c2ccc3c(sc4c(F)c(C)ccc43)c2F)cc1F. The Balaban J connectivity index is 2.03. The van der Waals surface area contributed by atoms with E-state index >= 15 is 4.39 Å². The van der Waals surface area contributed by atoms with Crippen LogP contribution in [0.4, 0.5) is 13.2 Å². The van der Waals surface area contributed by atoms with E-state index < -0.39 is 5.82 Å². The number of fused-ring (bicyclic) bond motifs is 3. The molecule has 0 fully saturated rings. The van der Waals surface area contributed by atoms with Crippen LogP contribution in [0.5, 0.6) is 0 Å². The lowest BCUT2D eigenvalue weighted by atomic mass is 10.0. The van der Waals surface area contributed by atoms with Crippen LogP contribution in [0, 0.1) is 31.3 Å². The highest BCUT2D eigenvalue weighted by molar-refractivity contribution is 7.25. The smallest absolute Gasteiger partial charge is 0.148 e. The van der Waals surface area contributed by atoms with Gasteiger partial charge in [0, 0.05) is 16.3 Å². The second-order valence-electron chi connectivity index (χ2n) is 5.94. The molecule has 0 nitrogen and oxygen atoms in total. The molecule has 0 bridgehead atoms. The molecule has 0 atom stereocenters. The molecule has 1 heterocycles. The predicted octanol–water partition coefficient (Wildman–Crippen LogP) is 6.76. The standard InChI is InChI=1S/C20H13F3S/c1-10-3-5-12(9-16(10)21)13-7-8-15-14-6-4-11(2)17(22)19(14)24-20(15)18(13)23/h3-9H,1-2H3. The second kappa shape index (κ2) is 5.35. The summed E-state index contributed by atoms with van der Waals surface area (Å²) in [5.41, 5.74) is 1.85. The second-order valence-corrected chi connectivity index (χ2v) is 6.96. The highest BCUT2D eigenvalue weighted by atomic mass is 32.1. The zero-order chi connectivity index (χ0) is 17.0. The third-order valence-corrected chi connectivity index (χ3v) is 5.57. The third kappa shape index (κ3) is 2.13. The summed E-state index contributed by atoms with van der Waals surface area (Å²) in [6.07, 6.45) is 0. The van der Waals surface area contributed by atoms with Crippen molar-refractivity contribution < 1.29 is 13.2 Å². The quantitative estimate of drug-likeness (QED) is 0.359. The first-order chi connectivity index (χ1) is 11.5. The zero-order valence-corrected chi connectivity index (χ0v) is 13.9. The summed E-state index contributed by atoms with van der Waals surface area (Å²) in [6, 6.07) is 11.6. The normalized spacial score (nSPS) is 11.5. The van der Waals surface area contributed by atoms with Gasteiger partial charge in [-0.15, -0.1) is 11.3 Å². The highest BCUT2D eigenvalue weighted by Crippen LogP contribution is 2.40. The molecule has 4 heteroatoms. The first-order valence-electron chi connectivity index (χ1n) is 7.53. The molecule has 0 aliphatic heterocycles. The number of aryl methyl sites for hydroxylation is 2. The largest absolute Gasteiger partial charge is 0.207 e. The Labute approximate surface area is 141 Å². The summed E-state index contributed by atoms with van der Waals surface area (Å²) in [6.45, 7) is 3.35. The van der Waals surface area contributed by atoms with Crippen LogP contribution in [0.25, 0.3) is 31.3 Å². The van der Waals surface area contributed by atoms with Crippen molar-refractivity contribution in [3.05, 3.63) is 71.0 Å². The summed E-state index contributed by atoms with van der Waals surface area (Å²) in [5, 5.41) is 1.39. The molecule has 1 aromatic heterocycles. The maximum absolute atomic E-state index is 15.0. The number of hydrogen-bond acceptors (Lipinski definition) is 1. The van der Waals surface area contributed by atoms with E-state index in [-0.39, 0.29) is 11.6 Å². The van der Waals surface area contributed by atoms with Crippen molar-refractivity contribution in [3.63, 3.8) is 0 Å². The molecule has 0 saturated heterocycles. The molecule has 0 N–H and O–H groups in total. The van der Waals surface area contributed by atoms with Crippen molar-refractivity contribution in [1.29, 1.82) is 0 Å². The van der Waals surface area contributed by atoms with Crippen LogP contribution in [-0.2, 0) is 0 Å². The molecule has 0 unspecified atom stereocenters. The van der Waals surface area contributed by atoms with Gasteiger partial charge in [-0.05, 0) is 36.6 Å². The molecular weight excluding hydrogens is 329 g/mol. The number of halogens is 3. The van der Waals surface area contributed by atoms with Gasteiger partial charge in [-0.3, -0.25) is 0 Å². The van der Waals surface area contributed by atoms with E-state index in [1.54, 1.807) is 44.2 Å². The Morgan fingerprint density at radius 2 is 1.33 bits per heavy atom. The van der Waals surface area contributed by atoms with Crippen molar-refractivity contribution in [2.45, 2.75) is 13.8 Å². The summed E-state index contributed by atoms with van der Waals surface area (Å²) in [4.78, 5) is 0. The molecule has 3 aromatic carbocycles. The van der Waals surface area contributed by atoms with E-state index in [1.165, 1.54) is 6.07 Å². The lowest BCUT2D eigenvalue weighted by Crippen LogP contribution is -1.88. The van der Waals surface area contributed by atoms with Gasteiger partial charge in [0.2, 0.25) is 0 Å². The molecule has 0 radical (unpaired) electrons.